The van der Waals surface area contributed by atoms with E-state index in [1.165, 1.54) is 0 Å². The van der Waals surface area contributed by atoms with E-state index < -0.39 is 0 Å². The van der Waals surface area contributed by atoms with E-state index in [2.05, 4.69) is 23.1 Å². The molecule has 84 valence electrons. The molecule has 2 aromatic rings. The predicted octanol–water partition coefficient (Wildman–Crippen LogP) is 1.04. The Bertz CT molecular complexity index is 498. The Morgan fingerprint density at radius 2 is 2.31 bits per heavy atom. The number of imidazole rings is 1. The number of aldehydes is 1. The molecule has 0 bridgehead atoms. The van der Waals surface area contributed by atoms with Crippen LogP contribution in [-0.4, -0.2) is 25.6 Å². The average molecular weight is 218 g/mol. The van der Waals surface area contributed by atoms with Gasteiger partial charge in [-0.1, -0.05) is 6.92 Å². The van der Waals surface area contributed by atoms with Crippen LogP contribution in [-0.2, 0) is 20.0 Å². The summed E-state index contributed by atoms with van der Waals surface area (Å²) in [6, 6.07) is 2.05. The van der Waals surface area contributed by atoms with Crippen LogP contribution in [0, 0.1) is 0 Å². The molecule has 0 aliphatic heterocycles. The van der Waals surface area contributed by atoms with Crippen molar-refractivity contribution in [3.05, 3.63) is 35.7 Å². The van der Waals surface area contributed by atoms with Crippen LogP contribution in [0.15, 0.2) is 18.5 Å². The van der Waals surface area contributed by atoms with Crippen LogP contribution in [0.25, 0.3) is 0 Å². The lowest BCUT2D eigenvalue weighted by Gasteiger charge is -2.03. The van der Waals surface area contributed by atoms with Crippen molar-refractivity contribution in [1.82, 2.24) is 19.3 Å². The summed E-state index contributed by atoms with van der Waals surface area (Å²) in [7, 11) is 1.91. The van der Waals surface area contributed by atoms with Crippen LogP contribution in [0.4, 0.5) is 0 Å². The number of rotatable bonds is 4. The second-order valence-corrected chi connectivity index (χ2v) is 3.64. The Kier molecular flexibility index (Phi) is 2.85. The van der Waals surface area contributed by atoms with Crippen LogP contribution in [0.3, 0.4) is 0 Å². The van der Waals surface area contributed by atoms with Gasteiger partial charge in [-0.3, -0.25) is 9.48 Å². The van der Waals surface area contributed by atoms with Crippen molar-refractivity contribution in [1.29, 1.82) is 0 Å². The maximum Gasteiger partial charge on any atom is 0.185 e. The highest BCUT2D eigenvalue weighted by molar-refractivity contribution is 5.69. The summed E-state index contributed by atoms with van der Waals surface area (Å²) in [6.07, 6.45) is 5.10. The molecule has 2 aromatic heterocycles. The number of aryl methyl sites for hydroxylation is 2. The Balaban J connectivity index is 2.26. The summed E-state index contributed by atoms with van der Waals surface area (Å²) < 4.78 is 3.65. The third kappa shape index (κ3) is 1.88. The second kappa shape index (κ2) is 4.30. The molecule has 0 radical (unpaired) electrons. The standard InChI is InChI=1S/C11H14N4O/c1-3-9-6-10(14(2)13-9)7-15-5-4-12-11(15)8-16/h4-6,8H,3,7H2,1-2H3. The molecule has 5 nitrogen and oxygen atoms in total. The fourth-order valence-corrected chi connectivity index (χ4v) is 1.64. The second-order valence-electron chi connectivity index (χ2n) is 3.64. The molecule has 0 atom stereocenters. The van der Waals surface area contributed by atoms with Gasteiger partial charge in [-0.25, -0.2) is 4.98 Å². The molecule has 0 spiro atoms. The van der Waals surface area contributed by atoms with E-state index in [1.807, 2.05) is 16.3 Å². The number of carbonyl (C=O) groups excluding carboxylic acids is 1. The summed E-state index contributed by atoms with van der Waals surface area (Å²) in [4.78, 5) is 14.7. The summed E-state index contributed by atoms with van der Waals surface area (Å²) in [5.74, 6) is 0.444. The van der Waals surface area contributed by atoms with Gasteiger partial charge in [-0.2, -0.15) is 5.10 Å². The highest BCUT2D eigenvalue weighted by Gasteiger charge is 2.07. The van der Waals surface area contributed by atoms with E-state index in [4.69, 9.17) is 0 Å². The van der Waals surface area contributed by atoms with Crippen molar-refractivity contribution in [2.24, 2.45) is 7.05 Å². The molecular weight excluding hydrogens is 204 g/mol. The lowest BCUT2D eigenvalue weighted by atomic mass is 10.3. The largest absolute Gasteiger partial charge is 0.323 e. The quantitative estimate of drug-likeness (QED) is 0.720. The van der Waals surface area contributed by atoms with Gasteiger partial charge in [0.05, 0.1) is 17.9 Å². The molecule has 0 fully saturated rings. The molecule has 0 aliphatic carbocycles. The van der Waals surface area contributed by atoms with Gasteiger partial charge in [0.2, 0.25) is 0 Å². The monoisotopic (exact) mass is 218 g/mol. The smallest absolute Gasteiger partial charge is 0.185 e. The van der Waals surface area contributed by atoms with Crippen molar-refractivity contribution >= 4 is 6.29 Å². The maximum absolute atomic E-state index is 10.7. The van der Waals surface area contributed by atoms with Crippen LogP contribution in [0.1, 0.15) is 28.9 Å². The molecule has 0 unspecified atom stereocenters. The maximum atomic E-state index is 10.7. The number of hydrogen-bond acceptors (Lipinski definition) is 3. The summed E-state index contributed by atoms with van der Waals surface area (Å²) in [5.41, 5.74) is 2.13. The van der Waals surface area contributed by atoms with Gasteiger partial charge in [0.1, 0.15) is 0 Å². The van der Waals surface area contributed by atoms with E-state index >= 15 is 0 Å². The van der Waals surface area contributed by atoms with Gasteiger partial charge in [-0.15, -0.1) is 0 Å². The number of aromatic nitrogens is 4. The van der Waals surface area contributed by atoms with Gasteiger partial charge in [0.25, 0.3) is 0 Å². The molecule has 0 aromatic carbocycles. The zero-order valence-corrected chi connectivity index (χ0v) is 9.42. The number of carbonyl (C=O) groups is 1. The fraction of sp³-hybridized carbons (Fsp3) is 0.364. The first kappa shape index (κ1) is 10.6. The Morgan fingerprint density at radius 1 is 1.50 bits per heavy atom. The zero-order valence-electron chi connectivity index (χ0n) is 9.42. The van der Waals surface area contributed by atoms with Crippen LogP contribution in [0.5, 0.6) is 0 Å². The van der Waals surface area contributed by atoms with Crippen molar-refractivity contribution < 1.29 is 4.79 Å². The van der Waals surface area contributed by atoms with Crippen LogP contribution in [0.2, 0.25) is 0 Å². The highest BCUT2D eigenvalue weighted by atomic mass is 16.1. The topological polar surface area (TPSA) is 52.7 Å². The van der Waals surface area contributed by atoms with Gasteiger partial charge in [0, 0.05) is 19.4 Å². The summed E-state index contributed by atoms with van der Waals surface area (Å²) in [5, 5.41) is 4.36. The SMILES string of the molecule is CCc1cc(Cn2ccnc2C=O)n(C)n1. The predicted molar refractivity (Wildman–Crippen MR) is 59.3 cm³/mol. The van der Waals surface area contributed by atoms with Crippen molar-refractivity contribution in [2.75, 3.05) is 0 Å². The number of nitrogens with zero attached hydrogens (tertiary/aromatic N) is 4. The van der Waals surface area contributed by atoms with Crippen molar-refractivity contribution in [3.8, 4) is 0 Å². The fourth-order valence-electron chi connectivity index (χ4n) is 1.64. The highest BCUT2D eigenvalue weighted by Crippen LogP contribution is 2.07. The Labute approximate surface area is 93.7 Å². The Morgan fingerprint density at radius 3 is 2.94 bits per heavy atom. The average Bonchev–Trinajstić information content (AvgIpc) is 2.86. The van der Waals surface area contributed by atoms with Crippen molar-refractivity contribution in [2.45, 2.75) is 19.9 Å². The molecule has 0 N–H and O–H groups in total. The summed E-state index contributed by atoms with van der Waals surface area (Å²) in [6.45, 7) is 2.69. The molecule has 0 amide bonds. The van der Waals surface area contributed by atoms with Crippen molar-refractivity contribution in [3.63, 3.8) is 0 Å². The van der Waals surface area contributed by atoms with Gasteiger partial charge in [-0.05, 0) is 12.5 Å². The first-order chi connectivity index (χ1) is 7.74. The molecule has 16 heavy (non-hydrogen) atoms. The van der Waals surface area contributed by atoms with Gasteiger partial charge in [0.15, 0.2) is 12.1 Å². The van der Waals surface area contributed by atoms with Gasteiger partial charge < -0.3 is 4.57 Å². The minimum Gasteiger partial charge on any atom is -0.323 e. The lowest BCUT2D eigenvalue weighted by Crippen LogP contribution is -2.07. The Hall–Kier alpha value is -1.91. The molecular formula is C11H14N4O. The lowest BCUT2D eigenvalue weighted by molar-refractivity contribution is 0.111. The third-order valence-electron chi connectivity index (χ3n) is 2.58. The van der Waals surface area contributed by atoms with E-state index in [-0.39, 0.29) is 0 Å². The molecule has 5 heteroatoms. The normalized spacial score (nSPS) is 10.6. The van der Waals surface area contributed by atoms with Crippen LogP contribution >= 0.6 is 0 Å². The van der Waals surface area contributed by atoms with Crippen LogP contribution < -0.4 is 0 Å². The van der Waals surface area contributed by atoms with E-state index in [1.54, 1.807) is 12.4 Å². The molecule has 0 saturated heterocycles. The minimum absolute atomic E-state index is 0.444. The third-order valence-corrected chi connectivity index (χ3v) is 2.58. The molecule has 2 heterocycles. The molecule has 2 rings (SSSR count). The number of hydrogen-bond donors (Lipinski definition) is 0. The summed E-state index contributed by atoms with van der Waals surface area (Å²) >= 11 is 0. The minimum atomic E-state index is 0.444. The van der Waals surface area contributed by atoms with E-state index in [9.17, 15) is 4.79 Å². The van der Waals surface area contributed by atoms with E-state index in [0.29, 0.717) is 12.4 Å². The first-order valence-corrected chi connectivity index (χ1v) is 5.22. The zero-order chi connectivity index (χ0) is 11.5. The molecule has 0 saturated carbocycles. The van der Waals surface area contributed by atoms with Gasteiger partial charge >= 0.3 is 0 Å². The first-order valence-electron chi connectivity index (χ1n) is 5.22. The van der Waals surface area contributed by atoms with E-state index in [0.717, 1.165) is 24.1 Å². The molecule has 0 aliphatic rings.